The van der Waals surface area contributed by atoms with Crippen LogP contribution in [-0.4, -0.2) is 79.4 Å². The average molecular weight is 494 g/mol. The lowest BCUT2D eigenvalue weighted by molar-refractivity contribution is -0.159. The van der Waals surface area contributed by atoms with Crippen molar-refractivity contribution in [3.8, 4) is 0 Å². The normalized spacial score (nSPS) is 24.8. The van der Waals surface area contributed by atoms with Crippen LogP contribution in [0, 0.1) is 5.92 Å². The fraction of sp³-hybridized carbons (Fsp3) is 0.619. The van der Waals surface area contributed by atoms with Crippen LogP contribution in [0.15, 0.2) is 24.3 Å². The van der Waals surface area contributed by atoms with E-state index in [0.29, 0.717) is 25.6 Å². The van der Waals surface area contributed by atoms with Crippen LogP contribution in [0.4, 0.5) is 31.1 Å². The Balaban J connectivity index is 1.30. The van der Waals surface area contributed by atoms with Gasteiger partial charge in [0.2, 0.25) is 5.91 Å². The summed E-state index contributed by atoms with van der Waals surface area (Å²) in [5.41, 5.74) is -1.67. The number of morpholine rings is 1. The quantitative estimate of drug-likeness (QED) is 0.632. The third kappa shape index (κ3) is 5.40. The molecule has 188 valence electrons. The number of piperidine rings is 1. The van der Waals surface area contributed by atoms with Crippen LogP contribution in [0.5, 0.6) is 0 Å². The zero-order chi connectivity index (χ0) is 24.7. The van der Waals surface area contributed by atoms with Crippen molar-refractivity contribution in [3.63, 3.8) is 0 Å². The second-order valence-electron chi connectivity index (χ2n) is 8.82. The minimum absolute atomic E-state index is 0.00463. The first-order chi connectivity index (χ1) is 15.9. The van der Waals surface area contributed by atoms with Crippen molar-refractivity contribution in [2.24, 2.45) is 5.92 Å². The summed E-state index contributed by atoms with van der Waals surface area (Å²) >= 11 is 0. The van der Waals surface area contributed by atoms with Gasteiger partial charge in [-0.15, -0.1) is 0 Å². The van der Waals surface area contributed by atoms with Gasteiger partial charge >= 0.3 is 18.4 Å². The van der Waals surface area contributed by atoms with Gasteiger partial charge in [-0.3, -0.25) is 4.79 Å². The van der Waals surface area contributed by atoms with Crippen LogP contribution in [0.2, 0.25) is 0 Å². The molecule has 3 amide bonds. The number of carbonyl (C=O) groups is 2. The van der Waals surface area contributed by atoms with Gasteiger partial charge < -0.3 is 25.2 Å². The van der Waals surface area contributed by atoms with Gasteiger partial charge in [0, 0.05) is 38.6 Å². The third-order valence-corrected chi connectivity index (χ3v) is 6.31. The summed E-state index contributed by atoms with van der Waals surface area (Å²) in [6.45, 7) is 1.08. The van der Waals surface area contributed by atoms with Crippen molar-refractivity contribution in [1.29, 1.82) is 0 Å². The topological polar surface area (TPSA) is 73.9 Å². The lowest BCUT2D eigenvalue weighted by Crippen LogP contribution is -2.64. The molecule has 2 N–H and O–H groups in total. The Hall–Kier alpha value is -2.54. The van der Waals surface area contributed by atoms with E-state index in [2.05, 4.69) is 10.6 Å². The van der Waals surface area contributed by atoms with Crippen LogP contribution in [0.3, 0.4) is 0 Å². The van der Waals surface area contributed by atoms with Gasteiger partial charge in [-0.1, -0.05) is 12.1 Å². The van der Waals surface area contributed by atoms with Crippen molar-refractivity contribution in [1.82, 2.24) is 20.4 Å². The highest BCUT2D eigenvalue weighted by atomic mass is 19.4. The van der Waals surface area contributed by atoms with E-state index in [1.54, 1.807) is 4.90 Å². The molecule has 1 unspecified atom stereocenters. The van der Waals surface area contributed by atoms with Crippen LogP contribution in [0.25, 0.3) is 0 Å². The van der Waals surface area contributed by atoms with Crippen LogP contribution in [0.1, 0.15) is 23.6 Å². The number of urea groups is 1. The van der Waals surface area contributed by atoms with E-state index >= 15 is 0 Å². The van der Waals surface area contributed by atoms with Gasteiger partial charge in [-0.25, -0.2) is 4.79 Å². The molecule has 0 spiro atoms. The SMILES string of the molecule is O=C1CO[C@H]2CCN(C(=O)N3CC(CNC(c4cccc(C(F)(F)F)c4)C(F)(F)F)C3)C[C@H]2N1. The standard InChI is InChI=1S/C21H24F6N4O3/c22-20(23,24)14-3-1-2-13(6-14)18(21(25,26)27)28-7-12-8-31(9-12)19(33)30-5-4-16-15(10-30)29-17(32)11-34-16/h1-3,6,12,15-16,18,28H,4-5,7-11H2,(H,29,32)/t15-,16+,18?/m1/s1. The van der Waals surface area contributed by atoms with E-state index in [9.17, 15) is 35.9 Å². The maximum Gasteiger partial charge on any atom is 0.416 e. The molecule has 3 aliphatic heterocycles. The molecular formula is C21H24F6N4O3. The van der Waals surface area contributed by atoms with Gasteiger partial charge in [0.25, 0.3) is 0 Å². The molecule has 0 aromatic heterocycles. The van der Waals surface area contributed by atoms with Crippen molar-refractivity contribution >= 4 is 11.9 Å². The first-order valence-corrected chi connectivity index (χ1v) is 10.8. The number of nitrogens with zero attached hydrogens (tertiary/aromatic N) is 2. The first kappa shape index (κ1) is 24.6. The van der Waals surface area contributed by atoms with Gasteiger partial charge in [0.1, 0.15) is 12.6 Å². The maximum atomic E-state index is 13.6. The number of hydrogen-bond acceptors (Lipinski definition) is 4. The van der Waals surface area contributed by atoms with Gasteiger partial charge in [-0.2, -0.15) is 26.3 Å². The van der Waals surface area contributed by atoms with Gasteiger partial charge in [0.15, 0.2) is 0 Å². The van der Waals surface area contributed by atoms with Gasteiger partial charge in [0.05, 0.1) is 17.7 Å². The first-order valence-electron chi connectivity index (χ1n) is 10.8. The Labute approximate surface area is 191 Å². The van der Waals surface area contributed by atoms with Crippen molar-refractivity contribution in [2.75, 3.05) is 39.3 Å². The molecule has 0 radical (unpaired) electrons. The Morgan fingerprint density at radius 1 is 1.15 bits per heavy atom. The van der Waals surface area contributed by atoms with Crippen molar-refractivity contribution in [3.05, 3.63) is 35.4 Å². The van der Waals surface area contributed by atoms with E-state index in [-0.39, 0.29) is 56.2 Å². The number of ether oxygens (including phenoxy) is 1. The van der Waals surface area contributed by atoms with E-state index in [4.69, 9.17) is 4.74 Å². The summed E-state index contributed by atoms with van der Waals surface area (Å²) in [6, 6.07) is 0.365. The molecule has 4 rings (SSSR count). The largest absolute Gasteiger partial charge is 0.416 e. The molecule has 3 atom stereocenters. The predicted octanol–water partition coefficient (Wildman–Crippen LogP) is 2.54. The Morgan fingerprint density at radius 2 is 1.88 bits per heavy atom. The fourth-order valence-corrected chi connectivity index (χ4v) is 4.53. The number of likely N-dealkylation sites (tertiary alicyclic amines) is 2. The molecular weight excluding hydrogens is 470 g/mol. The van der Waals surface area contributed by atoms with Crippen molar-refractivity contribution in [2.45, 2.75) is 37.0 Å². The molecule has 1 aromatic carbocycles. The number of alkyl halides is 6. The summed E-state index contributed by atoms with van der Waals surface area (Å²) in [5, 5.41) is 5.13. The molecule has 3 fully saturated rings. The van der Waals surface area contributed by atoms with E-state index in [0.717, 1.165) is 18.2 Å². The molecule has 34 heavy (non-hydrogen) atoms. The number of rotatable bonds is 4. The molecule has 0 saturated carbocycles. The van der Waals surface area contributed by atoms with Crippen LogP contribution < -0.4 is 10.6 Å². The molecule has 3 saturated heterocycles. The maximum absolute atomic E-state index is 13.6. The highest BCUT2D eigenvalue weighted by Gasteiger charge is 2.44. The molecule has 3 heterocycles. The lowest BCUT2D eigenvalue weighted by Gasteiger charge is -2.46. The summed E-state index contributed by atoms with van der Waals surface area (Å²) in [5.74, 6) is -0.513. The van der Waals surface area contributed by atoms with E-state index in [1.807, 2.05) is 0 Å². The zero-order valence-electron chi connectivity index (χ0n) is 18.0. The number of amides is 3. The highest BCUT2D eigenvalue weighted by molar-refractivity contribution is 5.79. The number of hydrogen-bond donors (Lipinski definition) is 2. The average Bonchev–Trinajstić information content (AvgIpc) is 2.73. The Bertz CT molecular complexity index is 919. The summed E-state index contributed by atoms with van der Waals surface area (Å²) in [6.07, 6.45) is -9.12. The number of nitrogens with one attached hydrogen (secondary N) is 2. The highest BCUT2D eigenvalue weighted by Crippen LogP contribution is 2.36. The van der Waals surface area contributed by atoms with Crippen LogP contribution in [-0.2, 0) is 15.7 Å². The summed E-state index contributed by atoms with van der Waals surface area (Å²) < 4.78 is 84.9. The van der Waals surface area contributed by atoms with E-state index < -0.39 is 29.5 Å². The fourth-order valence-electron chi connectivity index (χ4n) is 4.53. The molecule has 7 nitrogen and oxygen atoms in total. The molecule has 3 aliphatic rings. The Morgan fingerprint density at radius 3 is 2.56 bits per heavy atom. The molecule has 0 aliphatic carbocycles. The van der Waals surface area contributed by atoms with Gasteiger partial charge in [-0.05, 0) is 24.1 Å². The van der Waals surface area contributed by atoms with Crippen molar-refractivity contribution < 1.29 is 40.7 Å². The summed E-state index contributed by atoms with van der Waals surface area (Å²) in [7, 11) is 0. The minimum Gasteiger partial charge on any atom is -0.366 e. The lowest BCUT2D eigenvalue weighted by atomic mass is 9.97. The number of carbonyl (C=O) groups excluding carboxylic acids is 2. The number of benzene rings is 1. The third-order valence-electron chi connectivity index (χ3n) is 6.31. The van der Waals surface area contributed by atoms with Crippen LogP contribution >= 0.6 is 0 Å². The summed E-state index contributed by atoms with van der Waals surface area (Å²) in [4.78, 5) is 27.3. The number of fused-ring (bicyclic) bond motifs is 1. The smallest absolute Gasteiger partial charge is 0.366 e. The molecule has 1 aromatic rings. The number of halogens is 6. The second kappa shape index (κ2) is 9.25. The minimum atomic E-state index is -4.79. The second-order valence-corrected chi connectivity index (χ2v) is 8.82. The molecule has 0 bridgehead atoms. The zero-order valence-corrected chi connectivity index (χ0v) is 18.0. The molecule has 13 heteroatoms. The Kier molecular flexibility index (Phi) is 6.69. The van der Waals surface area contributed by atoms with E-state index in [1.165, 1.54) is 4.90 Å². The predicted molar refractivity (Wildman–Crippen MR) is 107 cm³/mol. The monoisotopic (exact) mass is 494 g/mol.